The van der Waals surface area contributed by atoms with Crippen molar-refractivity contribution in [1.82, 2.24) is 15.1 Å². The third-order valence-corrected chi connectivity index (χ3v) is 4.28. The highest BCUT2D eigenvalue weighted by atomic mass is 16.4. The minimum atomic E-state index is -0.740. The number of nitrogens with one attached hydrogen (secondary N) is 1. The zero-order valence-electron chi connectivity index (χ0n) is 12.2. The number of hydrogen-bond acceptors (Lipinski definition) is 3. The Morgan fingerprint density at radius 2 is 1.90 bits per heavy atom. The second-order valence-electron chi connectivity index (χ2n) is 5.97. The first-order valence-electron chi connectivity index (χ1n) is 7.51. The standard InChI is InChI=1S/C14H25N3O3/c1-16(12-2-3-12)9-6-15-14(20)17-7-4-11(5-8-17)10-13(18)19/h11-12H,2-10H2,1H3,(H,15,20)(H,18,19). The van der Waals surface area contributed by atoms with Gasteiger partial charge in [-0.1, -0.05) is 0 Å². The van der Waals surface area contributed by atoms with Gasteiger partial charge in [0.15, 0.2) is 0 Å². The average Bonchev–Trinajstić information content (AvgIpc) is 3.23. The van der Waals surface area contributed by atoms with E-state index in [9.17, 15) is 9.59 Å². The van der Waals surface area contributed by atoms with Crippen molar-refractivity contribution in [1.29, 1.82) is 0 Å². The number of amides is 2. The molecule has 1 saturated heterocycles. The van der Waals surface area contributed by atoms with Crippen molar-refractivity contribution in [3.05, 3.63) is 0 Å². The normalized spacial score (nSPS) is 20.2. The summed E-state index contributed by atoms with van der Waals surface area (Å²) in [7, 11) is 2.10. The minimum absolute atomic E-state index is 0.0111. The predicted molar refractivity (Wildman–Crippen MR) is 75.6 cm³/mol. The number of nitrogens with zero attached hydrogens (tertiary/aromatic N) is 2. The fourth-order valence-electron chi connectivity index (χ4n) is 2.74. The molecule has 20 heavy (non-hydrogen) atoms. The van der Waals surface area contributed by atoms with Crippen molar-refractivity contribution in [3.63, 3.8) is 0 Å². The van der Waals surface area contributed by atoms with Gasteiger partial charge in [0.25, 0.3) is 0 Å². The summed E-state index contributed by atoms with van der Waals surface area (Å²) in [5.41, 5.74) is 0. The number of carboxylic acid groups (broad SMARTS) is 1. The third kappa shape index (κ3) is 4.67. The van der Waals surface area contributed by atoms with Crippen LogP contribution < -0.4 is 5.32 Å². The van der Waals surface area contributed by atoms with Gasteiger partial charge in [0.1, 0.15) is 0 Å². The molecule has 114 valence electrons. The van der Waals surface area contributed by atoms with E-state index in [1.807, 2.05) is 0 Å². The second kappa shape index (κ2) is 6.92. The largest absolute Gasteiger partial charge is 0.481 e. The van der Waals surface area contributed by atoms with E-state index in [0.717, 1.165) is 25.4 Å². The summed E-state index contributed by atoms with van der Waals surface area (Å²) in [5.74, 6) is -0.520. The number of likely N-dealkylation sites (tertiary alicyclic amines) is 1. The zero-order chi connectivity index (χ0) is 14.5. The van der Waals surface area contributed by atoms with Gasteiger partial charge in [-0.15, -0.1) is 0 Å². The molecule has 0 radical (unpaired) electrons. The van der Waals surface area contributed by atoms with Crippen LogP contribution in [0.2, 0.25) is 0 Å². The Morgan fingerprint density at radius 3 is 2.45 bits per heavy atom. The van der Waals surface area contributed by atoms with Crippen molar-refractivity contribution < 1.29 is 14.7 Å². The van der Waals surface area contributed by atoms with E-state index in [1.165, 1.54) is 12.8 Å². The first-order chi connectivity index (χ1) is 9.56. The molecule has 0 aromatic heterocycles. The van der Waals surface area contributed by atoms with E-state index in [4.69, 9.17) is 5.11 Å². The summed E-state index contributed by atoms with van der Waals surface area (Å²) in [6.07, 6.45) is 4.37. The van der Waals surface area contributed by atoms with Crippen molar-refractivity contribution in [3.8, 4) is 0 Å². The number of carbonyl (C=O) groups excluding carboxylic acids is 1. The molecule has 1 aliphatic carbocycles. The molecule has 6 nitrogen and oxygen atoms in total. The van der Waals surface area contributed by atoms with Crippen LogP contribution in [0.4, 0.5) is 4.79 Å². The number of urea groups is 1. The van der Waals surface area contributed by atoms with E-state index < -0.39 is 5.97 Å². The molecule has 0 bridgehead atoms. The van der Waals surface area contributed by atoms with E-state index in [0.29, 0.717) is 19.6 Å². The van der Waals surface area contributed by atoms with Gasteiger partial charge in [0.05, 0.1) is 0 Å². The van der Waals surface area contributed by atoms with Gasteiger partial charge in [-0.05, 0) is 38.6 Å². The molecular weight excluding hydrogens is 258 g/mol. The zero-order valence-corrected chi connectivity index (χ0v) is 12.2. The van der Waals surface area contributed by atoms with E-state index in [1.54, 1.807) is 4.90 Å². The smallest absolute Gasteiger partial charge is 0.317 e. The third-order valence-electron chi connectivity index (χ3n) is 4.28. The number of likely N-dealkylation sites (N-methyl/N-ethyl adjacent to an activating group) is 1. The highest BCUT2D eigenvalue weighted by molar-refractivity contribution is 5.74. The molecule has 0 unspecified atom stereocenters. The lowest BCUT2D eigenvalue weighted by atomic mass is 9.94. The van der Waals surface area contributed by atoms with Gasteiger partial charge in [-0.3, -0.25) is 4.79 Å². The molecule has 2 amide bonds. The molecule has 2 rings (SSSR count). The van der Waals surface area contributed by atoms with E-state index in [-0.39, 0.29) is 18.4 Å². The van der Waals surface area contributed by atoms with Crippen LogP contribution in [0.25, 0.3) is 0 Å². The molecule has 0 spiro atoms. The molecule has 1 aliphatic heterocycles. The van der Waals surface area contributed by atoms with Gasteiger partial charge < -0.3 is 20.2 Å². The van der Waals surface area contributed by atoms with Crippen LogP contribution in [-0.2, 0) is 4.79 Å². The van der Waals surface area contributed by atoms with Crippen LogP contribution in [0.1, 0.15) is 32.1 Å². The molecule has 2 N–H and O–H groups in total. The minimum Gasteiger partial charge on any atom is -0.481 e. The average molecular weight is 283 g/mol. The van der Waals surface area contributed by atoms with E-state index >= 15 is 0 Å². The fourth-order valence-corrected chi connectivity index (χ4v) is 2.74. The van der Waals surface area contributed by atoms with Crippen molar-refractivity contribution in [2.45, 2.75) is 38.1 Å². The number of carboxylic acids is 1. The highest BCUT2D eigenvalue weighted by Gasteiger charge is 2.26. The molecule has 0 aromatic rings. The molecular formula is C14H25N3O3. The van der Waals surface area contributed by atoms with Gasteiger partial charge in [0, 0.05) is 38.6 Å². The highest BCUT2D eigenvalue weighted by Crippen LogP contribution is 2.24. The van der Waals surface area contributed by atoms with E-state index in [2.05, 4.69) is 17.3 Å². The first kappa shape index (κ1) is 15.1. The quantitative estimate of drug-likeness (QED) is 0.762. The monoisotopic (exact) mass is 283 g/mol. The SMILES string of the molecule is CN(CCNC(=O)N1CCC(CC(=O)O)CC1)C1CC1. The Hall–Kier alpha value is -1.30. The number of aliphatic carboxylic acids is 1. The Morgan fingerprint density at radius 1 is 1.25 bits per heavy atom. The summed E-state index contributed by atoms with van der Waals surface area (Å²) in [4.78, 5) is 26.7. The summed E-state index contributed by atoms with van der Waals surface area (Å²) in [5, 5.41) is 11.7. The van der Waals surface area contributed by atoms with Gasteiger partial charge >= 0.3 is 12.0 Å². The van der Waals surface area contributed by atoms with Gasteiger partial charge in [-0.2, -0.15) is 0 Å². The van der Waals surface area contributed by atoms with Crippen LogP contribution >= 0.6 is 0 Å². The maximum absolute atomic E-state index is 12.0. The molecule has 6 heteroatoms. The number of carbonyl (C=O) groups is 2. The topological polar surface area (TPSA) is 72.9 Å². The summed E-state index contributed by atoms with van der Waals surface area (Å²) in [6.45, 7) is 2.91. The molecule has 2 aliphatic rings. The summed E-state index contributed by atoms with van der Waals surface area (Å²) in [6, 6.07) is 0.710. The van der Waals surface area contributed by atoms with Crippen LogP contribution in [0, 0.1) is 5.92 Å². The predicted octanol–water partition coefficient (Wildman–Crippen LogP) is 0.977. The Balaban J connectivity index is 1.60. The number of piperidine rings is 1. The lowest BCUT2D eigenvalue weighted by Gasteiger charge is -2.31. The Labute approximate surface area is 120 Å². The van der Waals surface area contributed by atoms with Crippen molar-refractivity contribution >= 4 is 12.0 Å². The molecule has 1 heterocycles. The molecule has 0 atom stereocenters. The maximum atomic E-state index is 12.0. The Kier molecular flexibility index (Phi) is 5.23. The van der Waals surface area contributed by atoms with Gasteiger partial charge in [-0.25, -0.2) is 4.79 Å². The van der Waals surface area contributed by atoms with Crippen LogP contribution in [0.5, 0.6) is 0 Å². The number of rotatable bonds is 6. The van der Waals surface area contributed by atoms with Crippen LogP contribution in [0.3, 0.4) is 0 Å². The van der Waals surface area contributed by atoms with Crippen molar-refractivity contribution in [2.24, 2.45) is 5.92 Å². The van der Waals surface area contributed by atoms with Crippen LogP contribution in [0.15, 0.2) is 0 Å². The lowest BCUT2D eigenvalue weighted by Crippen LogP contribution is -2.46. The molecule has 2 fully saturated rings. The Bertz CT molecular complexity index is 350. The fraction of sp³-hybridized carbons (Fsp3) is 0.857. The summed E-state index contributed by atoms with van der Waals surface area (Å²) < 4.78 is 0. The number of hydrogen-bond donors (Lipinski definition) is 2. The second-order valence-corrected chi connectivity index (χ2v) is 5.97. The lowest BCUT2D eigenvalue weighted by molar-refractivity contribution is -0.138. The first-order valence-corrected chi connectivity index (χ1v) is 7.51. The summed E-state index contributed by atoms with van der Waals surface area (Å²) >= 11 is 0. The van der Waals surface area contributed by atoms with Crippen LogP contribution in [-0.4, -0.2) is 66.2 Å². The molecule has 0 aromatic carbocycles. The van der Waals surface area contributed by atoms with Crippen molar-refractivity contribution in [2.75, 3.05) is 33.2 Å². The maximum Gasteiger partial charge on any atom is 0.317 e. The molecule has 1 saturated carbocycles. The van der Waals surface area contributed by atoms with Gasteiger partial charge in [0.2, 0.25) is 0 Å².